The molecule has 0 saturated carbocycles. The predicted molar refractivity (Wildman–Crippen MR) is 133 cm³/mol. The number of hydrogen-bond acceptors (Lipinski definition) is 5. The van der Waals surface area contributed by atoms with Crippen LogP contribution in [0.25, 0.3) is 0 Å². The minimum absolute atomic E-state index is 0.122. The van der Waals surface area contributed by atoms with E-state index in [-0.39, 0.29) is 17.5 Å². The number of hydrogen-bond donors (Lipinski definition) is 1. The zero-order valence-electron chi connectivity index (χ0n) is 20.0. The lowest BCUT2D eigenvalue weighted by Crippen LogP contribution is -2.42. The van der Waals surface area contributed by atoms with E-state index in [9.17, 15) is 13.2 Å². The molecule has 3 aromatic carbocycles. The second kappa shape index (κ2) is 10.6. The molecule has 1 amide bonds. The van der Waals surface area contributed by atoms with Crippen LogP contribution in [0.15, 0.2) is 71.6 Å². The van der Waals surface area contributed by atoms with Crippen LogP contribution in [-0.2, 0) is 14.8 Å². The number of ether oxygens (including phenoxy) is 2. The fourth-order valence-corrected chi connectivity index (χ4v) is 5.15. The molecule has 0 aliphatic heterocycles. The third kappa shape index (κ3) is 5.34. The van der Waals surface area contributed by atoms with Crippen LogP contribution in [0.2, 0.25) is 0 Å². The molecule has 0 radical (unpaired) electrons. The number of methoxy groups -OCH3 is 2. The molecular formula is C26H30N2O5S. The number of benzene rings is 3. The van der Waals surface area contributed by atoms with Gasteiger partial charge in [0.2, 0.25) is 5.91 Å². The molecule has 0 saturated heterocycles. The van der Waals surface area contributed by atoms with Crippen molar-refractivity contribution in [1.82, 2.24) is 5.32 Å². The van der Waals surface area contributed by atoms with Crippen LogP contribution in [0.1, 0.15) is 29.7 Å². The van der Waals surface area contributed by atoms with Crippen LogP contribution < -0.4 is 19.1 Å². The molecule has 0 aromatic heterocycles. The molecule has 0 aliphatic carbocycles. The minimum atomic E-state index is -3.97. The molecule has 34 heavy (non-hydrogen) atoms. The van der Waals surface area contributed by atoms with Crippen molar-refractivity contribution in [2.75, 3.05) is 25.1 Å². The number of nitrogens with zero attached hydrogens (tertiary/aromatic N) is 1. The van der Waals surface area contributed by atoms with E-state index >= 15 is 0 Å². The van der Waals surface area contributed by atoms with Crippen molar-refractivity contribution >= 4 is 21.6 Å². The lowest BCUT2D eigenvalue weighted by Gasteiger charge is -2.27. The van der Waals surface area contributed by atoms with E-state index in [1.54, 1.807) is 56.7 Å². The molecule has 3 rings (SSSR count). The van der Waals surface area contributed by atoms with Gasteiger partial charge in [0.25, 0.3) is 10.0 Å². The van der Waals surface area contributed by atoms with Crippen LogP contribution >= 0.6 is 0 Å². The van der Waals surface area contributed by atoms with Gasteiger partial charge in [-0.2, -0.15) is 0 Å². The van der Waals surface area contributed by atoms with Gasteiger partial charge in [0.05, 0.1) is 30.8 Å². The van der Waals surface area contributed by atoms with Crippen molar-refractivity contribution in [3.05, 3.63) is 83.4 Å². The summed E-state index contributed by atoms with van der Waals surface area (Å²) in [5.41, 5.74) is 3.00. The summed E-state index contributed by atoms with van der Waals surface area (Å²) in [5, 5.41) is 2.90. The average Bonchev–Trinajstić information content (AvgIpc) is 2.84. The lowest BCUT2D eigenvalue weighted by atomic mass is 10.1. The molecule has 0 heterocycles. The third-order valence-corrected chi connectivity index (χ3v) is 7.52. The first-order valence-electron chi connectivity index (χ1n) is 10.8. The molecule has 0 fully saturated rings. The first kappa shape index (κ1) is 25.1. The van der Waals surface area contributed by atoms with E-state index in [2.05, 4.69) is 5.32 Å². The SMILES string of the molecule is COc1ccc([C@@H](C)NC(=O)CN(c2cccc(C)c2C)S(=O)(=O)c2ccccc2)cc1OC. The number of carbonyl (C=O) groups excluding carboxylic acids is 1. The number of amides is 1. The molecule has 0 aliphatic rings. The number of sulfonamides is 1. The fraction of sp³-hybridized carbons (Fsp3) is 0.269. The van der Waals surface area contributed by atoms with Crippen molar-refractivity contribution in [1.29, 1.82) is 0 Å². The molecule has 0 unspecified atom stereocenters. The first-order valence-corrected chi connectivity index (χ1v) is 12.3. The van der Waals surface area contributed by atoms with E-state index in [4.69, 9.17) is 9.47 Å². The van der Waals surface area contributed by atoms with Crippen molar-refractivity contribution < 1.29 is 22.7 Å². The van der Waals surface area contributed by atoms with E-state index in [1.807, 2.05) is 32.9 Å². The second-order valence-electron chi connectivity index (χ2n) is 7.95. The van der Waals surface area contributed by atoms with Crippen molar-refractivity contribution in [3.8, 4) is 11.5 Å². The highest BCUT2D eigenvalue weighted by Crippen LogP contribution is 2.31. The molecule has 8 heteroatoms. The predicted octanol–water partition coefficient (Wildman–Crippen LogP) is 4.39. The Hall–Kier alpha value is -3.52. The van der Waals surface area contributed by atoms with Gasteiger partial charge in [-0.25, -0.2) is 8.42 Å². The first-order chi connectivity index (χ1) is 16.2. The molecule has 7 nitrogen and oxygen atoms in total. The Bertz CT molecular complexity index is 1260. The maximum atomic E-state index is 13.6. The van der Waals surface area contributed by atoms with Gasteiger partial charge in [0.15, 0.2) is 11.5 Å². The topological polar surface area (TPSA) is 84.9 Å². The summed E-state index contributed by atoms with van der Waals surface area (Å²) in [7, 11) is -0.876. The number of aryl methyl sites for hydroxylation is 1. The number of carbonyl (C=O) groups is 1. The van der Waals surface area contributed by atoms with Crippen LogP contribution in [0.4, 0.5) is 5.69 Å². The van der Waals surface area contributed by atoms with Gasteiger partial charge >= 0.3 is 0 Å². The van der Waals surface area contributed by atoms with Crippen molar-refractivity contribution in [3.63, 3.8) is 0 Å². The number of rotatable bonds is 9. The molecular weight excluding hydrogens is 452 g/mol. The van der Waals surface area contributed by atoms with E-state index in [0.717, 1.165) is 16.7 Å². The molecule has 1 atom stereocenters. The summed E-state index contributed by atoms with van der Waals surface area (Å²) < 4.78 is 38.9. The maximum absolute atomic E-state index is 13.6. The minimum Gasteiger partial charge on any atom is -0.493 e. The fourth-order valence-electron chi connectivity index (χ4n) is 3.65. The van der Waals surface area contributed by atoms with Crippen LogP contribution in [0.3, 0.4) is 0 Å². The van der Waals surface area contributed by atoms with Gasteiger partial charge in [-0.15, -0.1) is 0 Å². The Kier molecular flexibility index (Phi) is 7.83. The number of nitrogens with one attached hydrogen (secondary N) is 1. The molecule has 3 aromatic rings. The summed E-state index contributed by atoms with van der Waals surface area (Å²) in [4.78, 5) is 13.2. The monoisotopic (exact) mass is 482 g/mol. The Labute approximate surface area is 201 Å². The Morgan fingerprint density at radius 1 is 0.941 bits per heavy atom. The largest absolute Gasteiger partial charge is 0.493 e. The molecule has 1 N–H and O–H groups in total. The summed E-state index contributed by atoms with van der Waals surface area (Å²) in [6.45, 7) is 5.22. The van der Waals surface area contributed by atoms with Crippen molar-refractivity contribution in [2.45, 2.75) is 31.7 Å². The highest BCUT2D eigenvalue weighted by Gasteiger charge is 2.29. The van der Waals surface area contributed by atoms with E-state index in [0.29, 0.717) is 17.2 Å². The second-order valence-corrected chi connectivity index (χ2v) is 9.81. The summed E-state index contributed by atoms with van der Waals surface area (Å²) in [6.07, 6.45) is 0. The van der Waals surface area contributed by atoms with Gasteiger partial charge in [0.1, 0.15) is 6.54 Å². The molecule has 180 valence electrons. The van der Waals surface area contributed by atoms with Crippen molar-refractivity contribution in [2.24, 2.45) is 0 Å². The average molecular weight is 483 g/mol. The maximum Gasteiger partial charge on any atom is 0.264 e. The molecule has 0 bridgehead atoms. The summed E-state index contributed by atoms with van der Waals surface area (Å²) in [6, 6.07) is 18.5. The lowest BCUT2D eigenvalue weighted by molar-refractivity contribution is -0.120. The summed E-state index contributed by atoms with van der Waals surface area (Å²) >= 11 is 0. The van der Waals surface area contributed by atoms with Gasteiger partial charge < -0.3 is 14.8 Å². The van der Waals surface area contributed by atoms with Crippen LogP contribution in [0, 0.1) is 13.8 Å². The zero-order chi connectivity index (χ0) is 24.9. The zero-order valence-corrected chi connectivity index (χ0v) is 20.8. The normalized spacial score (nSPS) is 12.0. The quantitative estimate of drug-likeness (QED) is 0.489. The third-order valence-electron chi connectivity index (χ3n) is 5.75. The Morgan fingerprint density at radius 3 is 2.26 bits per heavy atom. The van der Waals surface area contributed by atoms with Gasteiger partial charge in [-0.1, -0.05) is 36.4 Å². The number of anilines is 1. The Balaban J connectivity index is 1.91. The highest BCUT2D eigenvalue weighted by molar-refractivity contribution is 7.92. The van der Waals surface area contributed by atoms with Gasteiger partial charge in [-0.05, 0) is 67.8 Å². The summed E-state index contributed by atoms with van der Waals surface area (Å²) in [5.74, 6) is 0.701. The highest BCUT2D eigenvalue weighted by atomic mass is 32.2. The van der Waals surface area contributed by atoms with Crippen LogP contribution in [-0.4, -0.2) is 35.1 Å². The smallest absolute Gasteiger partial charge is 0.264 e. The van der Waals surface area contributed by atoms with Crippen LogP contribution in [0.5, 0.6) is 11.5 Å². The molecule has 0 spiro atoms. The van der Waals surface area contributed by atoms with Gasteiger partial charge in [0, 0.05) is 0 Å². The van der Waals surface area contributed by atoms with Gasteiger partial charge in [-0.3, -0.25) is 9.10 Å². The Morgan fingerprint density at radius 2 is 1.62 bits per heavy atom. The van der Waals surface area contributed by atoms with E-state index < -0.39 is 15.9 Å². The standard InChI is InChI=1S/C26H30N2O5S/c1-18-10-9-13-23(19(18)2)28(34(30,31)22-11-7-6-8-12-22)17-26(29)27-20(3)21-14-15-24(32-4)25(16-21)33-5/h6-16,20H,17H2,1-5H3,(H,27,29)/t20-/m1/s1. The van der Waals surface area contributed by atoms with E-state index in [1.165, 1.54) is 16.4 Å².